The third kappa shape index (κ3) is 2.77. The number of hydrogen-bond acceptors (Lipinski definition) is 6. The Kier molecular flexibility index (Phi) is 3.77. The molecule has 4 N–H and O–H groups in total. The van der Waals surface area contributed by atoms with Crippen molar-refractivity contribution in [1.82, 2.24) is 0 Å². The van der Waals surface area contributed by atoms with E-state index in [4.69, 9.17) is 23.1 Å². The van der Waals surface area contributed by atoms with Crippen LogP contribution < -0.4 is 11.5 Å². The number of rotatable bonds is 2. The quantitative estimate of drug-likeness (QED) is 0.374. The van der Waals surface area contributed by atoms with Gasteiger partial charge in [0, 0.05) is 0 Å². The van der Waals surface area contributed by atoms with Crippen LogP contribution in [-0.2, 0) is 4.79 Å². The van der Waals surface area contributed by atoms with Crippen LogP contribution in [0.1, 0.15) is 6.92 Å². The molecule has 1 aliphatic rings. The number of carbonyl (C=O) groups excluding carboxylic acids is 1. The molecule has 0 aromatic heterocycles. The molecule has 21 heavy (non-hydrogen) atoms. The number of hydrogen-bond donors (Lipinski definition) is 2. The smallest absolute Gasteiger partial charge is 0.321 e. The highest BCUT2D eigenvalue weighted by Gasteiger charge is 2.32. The van der Waals surface area contributed by atoms with E-state index in [-0.39, 0.29) is 10.7 Å². The van der Waals surface area contributed by atoms with Crippen LogP contribution in [0, 0.1) is 10.1 Å². The predicted octanol–water partition coefficient (Wildman–Crippen LogP) is 1.97. The van der Waals surface area contributed by atoms with E-state index in [0.717, 1.165) is 0 Å². The van der Waals surface area contributed by atoms with Crippen LogP contribution in [0.2, 0.25) is 5.02 Å². The molecular weight excluding hydrogens is 296 g/mol. The number of allylic oxidation sites excluding steroid dienone is 2. The first kappa shape index (κ1) is 14.7. The van der Waals surface area contributed by atoms with Crippen LogP contribution in [0.25, 0.3) is 0 Å². The molecule has 0 unspecified atom stereocenters. The number of halogens is 1. The molecule has 8 heteroatoms. The van der Waals surface area contributed by atoms with Crippen molar-refractivity contribution in [3.05, 3.63) is 56.4 Å². The first-order valence-corrected chi connectivity index (χ1v) is 6.20. The zero-order valence-electron chi connectivity index (χ0n) is 11.0. The summed E-state index contributed by atoms with van der Waals surface area (Å²) in [6, 6.07) is 4.57. The summed E-state index contributed by atoms with van der Waals surface area (Å²) < 4.78 is 0. The van der Waals surface area contributed by atoms with Crippen LogP contribution in [0.4, 0.5) is 11.4 Å². The summed E-state index contributed by atoms with van der Waals surface area (Å²) in [6.45, 7) is 1.55. The van der Waals surface area contributed by atoms with Gasteiger partial charge in [-0.2, -0.15) is 0 Å². The van der Waals surface area contributed by atoms with Crippen LogP contribution in [0.5, 0.6) is 0 Å². The normalized spacial score (nSPS) is 17.1. The van der Waals surface area contributed by atoms with Gasteiger partial charge in [0.25, 0.3) is 0 Å². The molecule has 0 fully saturated rings. The second-order valence-electron chi connectivity index (χ2n) is 4.38. The Morgan fingerprint density at radius 1 is 1.33 bits per heavy atom. The Morgan fingerprint density at radius 3 is 2.57 bits per heavy atom. The first-order chi connectivity index (χ1) is 9.81. The molecular formula is C13H11ClN4O3. The minimum absolute atomic E-state index is 0.0259. The van der Waals surface area contributed by atoms with Crippen LogP contribution in [-0.4, -0.2) is 16.4 Å². The minimum Gasteiger partial charge on any atom is -0.398 e. The summed E-state index contributed by atoms with van der Waals surface area (Å²) >= 11 is 5.89. The van der Waals surface area contributed by atoms with Crippen molar-refractivity contribution in [2.75, 3.05) is 5.73 Å². The standard InChI is InChI=1S/C13H11ClN4O3/c1-6-4-10(19)11(16)13(18(20)21)12(6)17-7-2-3-9(15)8(14)5-7/h2-5H,15-16H2,1H3. The summed E-state index contributed by atoms with van der Waals surface area (Å²) in [5, 5.41) is 11.4. The molecule has 0 amide bonds. The molecule has 0 atom stereocenters. The summed E-state index contributed by atoms with van der Waals surface area (Å²) in [5.41, 5.74) is 11.3. The fourth-order valence-electron chi connectivity index (χ4n) is 1.81. The van der Waals surface area contributed by atoms with Gasteiger partial charge >= 0.3 is 5.70 Å². The number of carbonyl (C=O) groups is 1. The number of anilines is 1. The van der Waals surface area contributed by atoms with Gasteiger partial charge in [-0.05, 0) is 36.8 Å². The van der Waals surface area contributed by atoms with Crippen LogP contribution in [0.15, 0.2) is 46.2 Å². The lowest BCUT2D eigenvalue weighted by atomic mass is 9.98. The largest absolute Gasteiger partial charge is 0.398 e. The van der Waals surface area contributed by atoms with Gasteiger partial charge in [-0.25, -0.2) is 4.99 Å². The first-order valence-electron chi connectivity index (χ1n) is 5.82. The fourth-order valence-corrected chi connectivity index (χ4v) is 1.99. The summed E-state index contributed by atoms with van der Waals surface area (Å²) in [4.78, 5) is 26.1. The average Bonchev–Trinajstić information content (AvgIpc) is 2.40. The molecule has 1 aromatic carbocycles. The molecule has 1 aliphatic carbocycles. The van der Waals surface area contributed by atoms with Gasteiger partial charge in [0.15, 0.2) is 5.70 Å². The molecule has 0 radical (unpaired) electrons. The summed E-state index contributed by atoms with van der Waals surface area (Å²) in [7, 11) is 0. The van der Waals surface area contributed by atoms with Crippen molar-refractivity contribution in [1.29, 1.82) is 0 Å². The molecule has 0 bridgehead atoms. The summed E-state index contributed by atoms with van der Waals surface area (Å²) in [6.07, 6.45) is 1.21. The van der Waals surface area contributed by atoms with Gasteiger partial charge in [0.05, 0.1) is 21.3 Å². The van der Waals surface area contributed by atoms with Crippen molar-refractivity contribution in [3.8, 4) is 0 Å². The van der Waals surface area contributed by atoms with E-state index in [1.54, 1.807) is 13.0 Å². The molecule has 0 aliphatic heterocycles. The number of ketones is 1. The summed E-state index contributed by atoms with van der Waals surface area (Å²) in [5.74, 6) is -0.603. The number of benzene rings is 1. The van der Waals surface area contributed by atoms with Crippen molar-refractivity contribution in [3.63, 3.8) is 0 Å². The maximum Gasteiger partial charge on any atom is 0.321 e. The van der Waals surface area contributed by atoms with E-state index in [0.29, 0.717) is 16.9 Å². The average molecular weight is 307 g/mol. The van der Waals surface area contributed by atoms with Crippen molar-refractivity contribution in [2.24, 2.45) is 10.7 Å². The van der Waals surface area contributed by atoms with Gasteiger partial charge in [-0.3, -0.25) is 14.9 Å². The Labute approximate surface area is 124 Å². The highest BCUT2D eigenvalue weighted by molar-refractivity contribution is 6.33. The lowest BCUT2D eigenvalue weighted by Crippen LogP contribution is -2.27. The van der Waals surface area contributed by atoms with Crippen LogP contribution >= 0.6 is 11.6 Å². The minimum atomic E-state index is -0.721. The molecule has 108 valence electrons. The van der Waals surface area contributed by atoms with Crippen molar-refractivity contribution >= 4 is 34.5 Å². The fraction of sp³-hybridized carbons (Fsp3) is 0.0769. The van der Waals surface area contributed by atoms with Crippen molar-refractivity contribution < 1.29 is 9.72 Å². The zero-order chi connectivity index (χ0) is 15.7. The van der Waals surface area contributed by atoms with E-state index in [9.17, 15) is 14.9 Å². The molecule has 0 heterocycles. The maximum atomic E-state index is 11.6. The molecule has 0 saturated carbocycles. The predicted molar refractivity (Wildman–Crippen MR) is 79.9 cm³/mol. The van der Waals surface area contributed by atoms with Crippen LogP contribution in [0.3, 0.4) is 0 Å². The Balaban J connectivity index is 2.61. The van der Waals surface area contributed by atoms with E-state index in [1.165, 1.54) is 18.2 Å². The number of nitro groups is 1. The van der Waals surface area contributed by atoms with E-state index in [2.05, 4.69) is 4.99 Å². The Hall–Kier alpha value is -2.67. The molecule has 1 aromatic rings. The van der Waals surface area contributed by atoms with Gasteiger partial charge in [-0.1, -0.05) is 11.6 Å². The van der Waals surface area contributed by atoms with Crippen molar-refractivity contribution in [2.45, 2.75) is 6.92 Å². The zero-order valence-corrected chi connectivity index (χ0v) is 11.7. The molecule has 2 rings (SSSR count). The van der Waals surface area contributed by atoms with Gasteiger partial charge < -0.3 is 11.5 Å². The highest BCUT2D eigenvalue weighted by Crippen LogP contribution is 2.27. The number of nitrogens with two attached hydrogens (primary N) is 2. The number of nitrogen functional groups attached to an aromatic ring is 1. The van der Waals surface area contributed by atoms with E-state index >= 15 is 0 Å². The number of nitrogens with zero attached hydrogens (tertiary/aromatic N) is 2. The Bertz CT molecular complexity index is 750. The maximum absolute atomic E-state index is 11.6. The van der Waals surface area contributed by atoms with E-state index < -0.39 is 22.1 Å². The lowest BCUT2D eigenvalue weighted by Gasteiger charge is -2.11. The molecule has 7 nitrogen and oxygen atoms in total. The van der Waals surface area contributed by atoms with Gasteiger partial charge in [-0.15, -0.1) is 0 Å². The SMILES string of the molecule is CC1=CC(=O)C(N)=C([N+](=O)[O-])C1=Nc1ccc(N)c(Cl)c1. The molecule has 0 saturated heterocycles. The topological polar surface area (TPSA) is 125 Å². The lowest BCUT2D eigenvalue weighted by molar-refractivity contribution is -0.416. The van der Waals surface area contributed by atoms with E-state index in [1.807, 2.05) is 0 Å². The second-order valence-corrected chi connectivity index (χ2v) is 4.78. The van der Waals surface area contributed by atoms with Gasteiger partial charge in [0.1, 0.15) is 5.71 Å². The highest BCUT2D eigenvalue weighted by atomic mass is 35.5. The number of aliphatic imine (C=N–C) groups is 1. The Morgan fingerprint density at radius 2 is 2.00 bits per heavy atom. The third-order valence-corrected chi connectivity index (χ3v) is 3.20. The van der Waals surface area contributed by atoms with Gasteiger partial charge in [0.2, 0.25) is 5.78 Å². The molecule has 0 spiro atoms. The third-order valence-electron chi connectivity index (χ3n) is 2.87. The second kappa shape index (κ2) is 5.37. The monoisotopic (exact) mass is 306 g/mol.